The second-order valence-electron chi connectivity index (χ2n) is 6.85. The highest BCUT2D eigenvalue weighted by Crippen LogP contribution is 2.37. The Kier molecular flexibility index (Phi) is 4.53. The lowest BCUT2D eigenvalue weighted by molar-refractivity contribution is 0.281. The van der Waals surface area contributed by atoms with Crippen LogP contribution in [0.5, 0.6) is 0 Å². The van der Waals surface area contributed by atoms with E-state index in [1.807, 2.05) is 37.3 Å². The molecule has 27 heavy (non-hydrogen) atoms. The first-order chi connectivity index (χ1) is 13.0. The molecule has 0 aliphatic heterocycles. The summed E-state index contributed by atoms with van der Waals surface area (Å²) in [6, 6.07) is 7.40. The number of benzene rings is 1. The van der Waals surface area contributed by atoms with Crippen LogP contribution in [0.25, 0.3) is 22.9 Å². The highest BCUT2D eigenvalue weighted by Gasteiger charge is 2.25. The van der Waals surface area contributed by atoms with Crippen LogP contribution in [-0.4, -0.2) is 27.3 Å². The minimum atomic E-state index is -0.417. The molecule has 1 aliphatic rings. The molecule has 1 aliphatic carbocycles. The predicted octanol–water partition coefficient (Wildman–Crippen LogP) is 3.61. The maximum atomic E-state index is 13.0. The average Bonchev–Trinajstić information content (AvgIpc) is 3.00. The van der Waals surface area contributed by atoms with Crippen molar-refractivity contribution in [1.82, 2.24) is 9.55 Å². The molecule has 6 nitrogen and oxygen atoms in total. The van der Waals surface area contributed by atoms with E-state index in [0.29, 0.717) is 29.8 Å². The van der Waals surface area contributed by atoms with Gasteiger partial charge in [0.1, 0.15) is 11.3 Å². The first-order valence-electron chi connectivity index (χ1n) is 8.87. The third kappa shape index (κ3) is 3.15. The minimum Gasteiger partial charge on any atom is -0.455 e. The molecule has 1 unspecified atom stereocenters. The normalized spacial score (nSPS) is 14.7. The average molecular weight is 386 g/mol. The van der Waals surface area contributed by atoms with E-state index in [2.05, 4.69) is 10.3 Å². The molecule has 7 heteroatoms. The summed E-state index contributed by atoms with van der Waals surface area (Å²) < 4.78 is 7.65. The molecule has 0 spiro atoms. The fraction of sp³-hybridized carbons (Fsp3) is 0.300. The molecule has 2 aromatic heterocycles. The molecule has 2 N–H and O–H groups in total. The van der Waals surface area contributed by atoms with E-state index in [1.54, 1.807) is 11.5 Å². The van der Waals surface area contributed by atoms with Crippen molar-refractivity contribution in [3.63, 3.8) is 0 Å². The second-order valence-corrected chi connectivity index (χ2v) is 7.34. The molecular weight excluding hydrogens is 366 g/mol. The van der Waals surface area contributed by atoms with E-state index in [-0.39, 0.29) is 12.6 Å². The highest BCUT2D eigenvalue weighted by molar-refractivity contribution is 6.32. The summed E-state index contributed by atoms with van der Waals surface area (Å²) >= 11 is 6.28. The topological polar surface area (TPSA) is 80.3 Å². The van der Waals surface area contributed by atoms with Crippen LogP contribution >= 0.6 is 11.6 Å². The Labute approximate surface area is 161 Å². The number of aromatic nitrogens is 2. The summed E-state index contributed by atoms with van der Waals surface area (Å²) in [4.78, 5) is 17.2. The number of furan rings is 1. The summed E-state index contributed by atoms with van der Waals surface area (Å²) in [5.41, 5.74) is 3.28. The van der Waals surface area contributed by atoms with Gasteiger partial charge in [-0.1, -0.05) is 23.7 Å². The maximum absolute atomic E-state index is 13.0. The number of hydrogen-bond donors (Lipinski definition) is 2. The zero-order chi connectivity index (χ0) is 19.1. The smallest absolute Gasteiger partial charge is 0.354 e. The van der Waals surface area contributed by atoms with Crippen LogP contribution in [0.4, 0.5) is 5.82 Å². The third-order valence-electron chi connectivity index (χ3n) is 4.64. The molecule has 1 aromatic carbocycles. The lowest BCUT2D eigenvalue weighted by Gasteiger charge is -2.14. The fourth-order valence-corrected chi connectivity index (χ4v) is 3.54. The van der Waals surface area contributed by atoms with Crippen molar-refractivity contribution in [1.29, 1.82) is 0 Å². The number of nitrogens with zero attached hydrogens (tertiary/aromatic N) is 2. The van der Waals surface area contributed by atoms with Crippen molar-refractivity contribution in [3.8, 4) is 5.69 Å². The lowest BCUT2D eigenvalue weighted by Crippen LogP contribution is -2.27. The molecule has 0 radical (unpaired) electrons. The first-order valence-corrected chi connectivity index (χ1v) is 9.24. The molecular formula is C20H20ClN3O3. The van der Waals surface area contributed by atoms with Gasteiger partial charge in [0.2, 0.25) is 0 Å². The molecule has 2 heterocycles. The number of anilines is 1. The van der Waals surface area contributed by atoms with E-state index in [9.17, 15) is 9.90 Å². The Morgan fingerprint density at radius 3 is 2.96 bits per heavy atom. The summed E-state index contributed by atoms with van der Waals surface area (Å²) in [5.74, 6) is 1.11. The van der Waals surface area contributed by atoms with Gasteiger partial charge in [-0.15, -0.1) is 0 Å². The summed E-state index contributed by atoms with van der Waals surface area (Å²) in [6.45, 7) is 3.69. The van der Waals surface area contributed by atoms with Crippen LogP contribution in [0.2, 0.25) is 0 Å². The number of aliphatic hydroxyl groups excluding tert-OH is 1. The number of fused-ring (bicyclic) bond motifs is 3. The standard InChI is InChI=1S/C20H20ClN3O3/c1-11-4-3-5-14(8-11)24-17-15-9-13(21)6-7-16(15)27-18(17)19(23-20(24)26)22-12(2)10-25/h3-5,8-9,12,25H,6-7,10H2,1-2H3,(H,22,23,26). The molecule has 0 amide bonds. The number of aliphatic hydroxyl groups is 1. The molecule has 4 rings (SSSR count). The van der Waals surface area contributed by atoms with E-state index in [4.69, 9.17) is 16.0 Å². The monoisotopic (exact) mass is 385 g/mol. The van der Waals surface area contributed by atoms with Crippen molar-refractivity contribution in [2.75, 3.05) is 11.9 Å². The van der Waals surface area contributed by atoms with Crippen LogP contribution in [0.3, 0.4) is 0 Å². The van der Waals surface area contributed by atoms with Gasteiger partial charge in [-0.2, -0.15) is 4.98 Å². The Bertz CT molecular complexity index is 1110. The molecule has 0 saturated carbocycles. The Balaban J connectivity index is 2.07. The van der Waals surface area contributed by atoms with Gasteiger partial charge in [-0.25, -0.2) is 4.79 Å². The molecule has 140 valence electrons. The van der Waals surface area contributed by atoms with Crippen LogP contribution < -0.4 is 11.0 Å². The van der Waals surface area contributed by atoms with E-state index in [0.717, 1.165) is 27.6 Å². The maximum Gasteiger partial charge on any atom is 0.354 e. The van der Waals surface area contributed by atoms with Gasteiger partial charge >= 0.3 is 5.69 Å². The molecule has 0 bridgehead atoms. The van der Waals surface area contributed by atoms with Gasteiger partial charge in [-0.3, -0.25) is 4.57 Å². The fourth-order valence-electron chi connectivity index (χ4n) is 3.34. The number of nitrogens with one attached hydrogen (secondary N) is 1. The minimum absolute atomic E-state index is 0.0870. The van der Waals surface area contributed by atoms with Gasteiger partial charge < -0.3 is 14.8 Å². The zero-order valence-corrected chi connectivity index (χ0v) is 15.9. The van der Waals surface area contributed by atoms with E-state index < -0.39 is 5.69 Å². The number of hydrogen-bond acceptors (Lipinski definition) is 5. The third-order valence-corrected chi connectivity index (χ3v) is 4.94. The summed E-state index contributed by atoms with van der Waals surface area (Å²) in [5, 5.41) is 13.2. The molecule has 3 aromatic rings. The number of halogens is 1. The molecule has 1 atom stereocenters. The van der Waals surface area contributed by atoms with Crippen molar-refractivity contribution in [2.45, 2.75) is 32.7 Å². The van der Waals surface area contributed by atoms with Gasteiger partial charge in [0.25, 0.3) is 0 Å². The number of allylic oxidation sites excluding steroid dienone is 1. The summed E-state index contributed by atoms with van der Waals surface area (Å²) in [7, 11) is 0. The Morgan fingerprint density at radius 2 is 2.22 bits per heavy atom. The van der Waals surface area contributed by atoms with Crippen molar-refractivity contribution < 1.29 is 9.52 Å². The number of rotatable bonds is 4. The second kappa shape index (κ2) is 6.87. The summed E-state index contributed by atoms with van der Waals surface area (Å²) in [6.07, 6.45) is 3.22. The Hall–Kier alpha value is -2.57. The molecule has 0 saturated heterocycles. The van der Waals surface area contributed by atoms with E-state index in [1.165, 1.54) is 0 Å². The van der Waals surface area contributed by atoms with Crippen molar-refractivity contribution >= 4 is 34.6 Å². The molecule has 0 fully saturated rings. The Morgan fingerprint density at radius 1 is 1.41 bits per heavy atom. The SMILES string of the molecule is Cc1cccc(-n2c(=O)nc(NC(C)CO)c3oc4c(c32)C=C(Cl)CC4)c1. The van der Waals surface area contributed by atoms with Gasteiger partial charge in [-0.05, 0) is 44.0 Å². The van der Waals surface area contributed by atoms with Crippen LogP contribution in [-0.2, 0) is 6.42 Å². The van der Waals surface area contributed by atoms with Gasteiger partial charge in [0.15, 0.2) is 11.4 Å². The predicted molar refractivity (Wildman–Crippen MR) is 107 cm³/mol. The van der Waals surface area contributed by atoms with Crippen molar-refractivity contribution in [2.24, 2.45) is 0 Å². The van der Waals surface area contributed by atoms with E-state index >= 15 is 0 Å². The quantitative estimate of drug-likeness (QED) is 0.717. The lowest BCUT2D eigenvalue weighted by atomic mass is 10.0. The van der Waals surface area contributed by atoms with Gasteiger partial charge in [0, 0.05) is 23.1 Å². The number of aryl methyl sites for hydroxylation is 2. The first kappa shape index (κ1) is 17.8. The van der Waals surface area contributed by atoms with Crippen LogP contribution in [0.1, 0.15) is 30.2 Å². The largest absolute Gasteiger partial charge is 0.455 e. The zero-order valence-electron chi connectivity index (χ0n) is 15.1. The van der Waals surface area contributed by atoms with Crippen LogP contribution in [0, 0.1) is 6.92 Å². The van der Waals surface area contributed by atoms with Gasteiger partial charge in [0.05, 0.1) is 12.3 Å². The van der Waals surface area contributed by atoms with Crippen LogP contribution in [0.15, 0.2) is 38.5 Å². The van der Waals surface area contributed by atoms with Crippen molar-refractivity contribution in [3.05, 3.63) is 56.7 Å². The highest BCUT2D eigenvalue weighted by atomic mass is 35.5.